The van der Waals surface area contributed by atoms with Crippen LogP contribution in [-0.2, 0) is 16.1 Å². The number of hydrogen-bond acceptors (Lipinski definition) is 3. The van der Waals surface area contributed by atoms with Gasteiger partial charge in [-0.05, 0) is 24.6 Å². The molecule has 2 aromatic rings. The lowest BCUT2D eigenvalue weighted by Gasteiger charge is -2.14. The molecule has 2 amide bonds. The Morgan fingerprint density at radius 3 is 2.22 bits per heavy atom. The predicted molar refractivity (Wildman–Crippen MR) is 87.8 cm³/mol. The van der Waals surface area contributed by atoms with Gasteiger partial charge in [-0.25, -0.2) is 0 Å². The molecule has 0 aliphatic carbocycles. The van der Waals surface area contributed by atoms with E-state index in [2.05, 4.69) is 10.6 Å². The Kier molecular flexibility index (Phi) is 6.17. The molecule has 0 saturated heterocycles. The second-order valence-corrected chi connectivity index (χ2v) is 5.05. The van der Waals surface area contributed by atoms with E-state index in [0.29, 0.717) is 12.3 Å². The molecule has 120 valence electrons. The number of hydrogen-bond donors (Lipinski definition) is 2. The molecule has 5 nitrogen and oxygen atoms in total. The van der Waals surface area contributed by atoms with Gasteiger partial charge in [0, 0.05) is 6.54 Å². The van der Waals surface area contributed by atoms with Gasteiger partial charge in [0.1, 0.15) is 5.75 Å². The van der Waals surface area contributed by atoms with Gasteiger partial charge in [0.2, 0.25) is 5.91 Å². The number of amides is 2. The van der Waals surface area contributed by atoms with Gasteiger partial charge in [0.25, 0.3) is 5.91 Å². The third kappa shape index (κ3) is 5.82. The van der Waals surface area contributed by atoms with Crippen molar-refractivity contribution < 1.29 is 14.3 Å². The molecule has 0 fully saturated rings. The summed E-state index contributed by atoms with van der Waals surface area (Å²) in [6.07, 6.45) is -0.667. The minimum atomic E-state index is -0.667. The van der Waals surface area contributed by atoms with E-state index in [9.17, 15) is 9.59 Å². The maximum atomic E-state index is 11.9. The van der Waals surface area contributed by atoms with Gasteiger partial charge in [-0.2, -0.15) is 0 Å². The van der Waals surface area contributed by atoms with Gasteiger partial charge in [-0.3, -0.25) is 9.59 Å². The van der Waals surface area contributed by atoms with Gasteiger partial charge in [0.15, 0.2) is 6.10 Å². The Hall–Kier alpha value is -2.82. The maximum Gasteiger partial charge on any atom is 0.261 e. The fraction of sp³-hybridized carbons (Fsp3) is 0.222. The molecule has 5 heteroatoms. The quantitative estimate of drug-likeness (QED) is 0.820. The van der Waals surface area contributed by atoms with E-state index in [-0.39, 0.29) is 18.4 Å². The standard InChI is InChI=1S/C18H20N2O3/c1-14(23-16-10-6-3-7-11-16)18(22)20-13-17(21)19-12-15-8-4-2-5-9-15/h2-11,14H,12-13H2,1H3,(H,19,21)(H,20,22). The first kappa shape index (κ1) is 16.5. The van der Waals surface area contributed by atoms with Crippen LogP contribution in [0.25, 0.3) is 0 Å². The van der Waals surface area contributed by atoms with Crippen LogP contribution < -0.4 is 15.4 Å². The molecule has 23 heavy (non-hydrogen) atoms. The van der Waals surface area contributed by atoms with Crippen molar-refractivity contribution in [3.63, 3.8) is 0 Å². The van der Waals surface area contributed by atoms with Gasteiger partial charge in [0.05, 0.1) is 6.54 Å². The van der Waals surface area contributed by atoms with Crippen molar-refractivity contribution in [1.29, 1.82) is 0 Å². The second kappa shape index (κ2) is 8.58. The smallest absolute Gasteiger partial charge is 0.261 e. The number of carbonyl (C=O) groups is 2. The number of nitrogens with one attached hydrogen (secondary N) is 2. The van der Waals surface area contributed by atoms with Crippen molar-refractivity contribution in [2.75, 3.05) is 6.54 Å². The molecule has 0 aliphatic rings. The highest BCUT2D eigenvalue weighted by Crippen LogP contribution is 2.10. The van der Waals surface area contributed by atoms with E-state index < -0.39 is 6.10 Å². The molecule has 0 aromatic heterocycles. The first-order valence-corrected chi connectivity index (χ1v) is 7.45. The zero-order valence-corrected chi connectivity index (χ0v) is 13.0. The fourth-order valence-corrected chi connectivity index (χ4v) is 1.93. The van der Waals surface area contributed by atoms with E-state index in [0.717, 1.165) is 5.56 Å². The van der Waals surface area contributed by atoms with Gasteiger partial charge >= 0.3 is 0 Å². The monoisotopic (exact) mass is 312 g/mol. The second-order valence-electron chi connectivity index (χ2n) is 5.05. The summed E-state index contributed by atoms with van der Waals surface area (Å²) in [5.41, 5.74) is 1.01. The normalized spacial score (nSPS) is 11.3. The highest BCUT2D eigenvalue weighted by molar-refractivity contribution is 5.86. The Balaban J connectivity index is 1.70. The molecule has 2 aromatic carbocycles. The molecule has 0 bridgehead atoms. The number of rotatable bonds is 7. The highest BCUT2D eigenvalue weighted by Gasteiger charge is 2.15. The van der Waals surface area contributed by atoms with E-state index in [4.69, 9.17) is 4.74 Å². The summed E-state index contributed by atoms with van der Waals surface area (Å²) in [6.45, 7) is 2.00. The van der Waals surface area contributed by atoms with Crippen LogP contribution in [0.1, 0.15) is 12.5 Å². The zero-order valence-electron chi connectivity index (χ0n) is 13.0. The maximum absolute atomic E-state index is 11.9. The molecule has 0 aliphatic heterocycles. The van der Waals surface area contributed by atoms with Crippen molar-refractivity contribution in [3.05, 3.63) is 66.2 Å². The average molecular weight is 312 g/mol. The van der Waals surface area contributed by atoms with E-state index in [1.165, 1.54) is 0 Å². The Morgan fingerprint density at radius 2 is 1.57 bits per heavy atom. The van der Waals surface area contributed by atoms with Crippen molar-refractivity contribution >= 4 is 11.8 Å². The van der Waals surface area contributed by atoms with Gasteiger partial charge in [-0.1, -0.05) is 48.5 Å². The molecule has 0 spiro atoms. The molecule has 2 N–H and O–H groups in total. The first-order valence-electron chi connectivity index (χ1n) is 7.45. The zero-order chi connectivity index (χ0) is 16.5. The summed E-state index contributed by atoms with van der Waals surface area (Å²) < 4.78 is 5.49. The lowest BCUT2D eigenvalue weighted by molar-refractivity contribution is -0.130. The van der Waals surface area contributed by atoms with Crippen LogP contribution >= 0.6 is 0 Å². The minimum Gasteiger partial charge on any atom is -0.481 e. The largest absolute Gasteiger partial charge is 0.481 e. The summed E-state index contributed by atoms with van der Waals surface area (Å²) in [5.74, 6) is 0.0431. The molecule has 2 rings (SSSR count). The Morgan fingerprint density at radius 1 is 0.957 bits per heavy atom. The molecule has 1 unspecified atom stereocenters. The molecular weight excluding hydrogens is 292 g/mol. The van der Waals surface area contributed by atoms with Crippen LogP contribution in [0.15, 0.2) is 60.7 Å². The molecule has 0 saturated carbocycles. The first-order chi connectivity index (χ1) is 11.1. The van der Waals surface area contributed by atoms with Crippen LogP contribution in [0, 0.1) is 0 Å². The summed E-state index contributed by atoms with van der Waals surface area (Å²) in [5, 5.41) is 5.31. The third-order valence-corrected chi connectivity index (χ3v) is 3.18. The number of carbonyl (C=O) groups excluding carboxylic acids is 2. The van der Waals surface area contributed by atoms with Crippen molar-refractivity contribution in [2.45, 2.75) is 19.6 Å². The highest BCUT2D eigenvalue weighted by atomic mass is 16.5. The summed E-state index contributed by atoms with van der Waals surface area (Å²) in [6, 6.07) is 18.7. The number of para-hydroxylation sites is 1. The summed E-state index contributed by atoms with van der Waals surface area (Å²) >= 11 is 0. The summed E-state index contributed by atoms with van der Waals surface area (Å²) in [4.78, 5) is 23.6. The third-order valence-electron chi connectivity index (χ3n) is 3.18. The molecule has 0 heterocycles. The average Bonchev–Trinajstić information content (AvgIpc) is 2.59. The van der Waals surface area contributed by atoms with E-state index in [1.807, 2.05) is 48.5 Å². The van der Waals surface area contributed by atoms with E-state index in [1.54, 1.807) is 19.1 Å². The van der Waals surface area contributed by atoms with Crippen LogP contribution in [0.4, 0.5) is 0 Å². The van der Waals surface area contributed by atoms with Crippen molar-refractivity contribution in [1.82, 2.24) is 10.6 Å². The lowest BCUT2D eigenvalue weighted by Crippen LogP contribution is -2.42. The van der Waals surface area contributed by atoms with Gasteiger partial charge in [-0.15, -0.1) is 0 Å². The van der Waals surface area contributed by atoms with Gasteiger partial charge < -0.3 is 15.4 Å². The Labute approximate surface area is 135 Å². The fourth-order valence-electron chi connectivity index (χ4n) is 1.93. The Bertz CT molecular complexity index is 629. The predicted octanol–water partition coefficient (Wildman–Crippen LogP) is 1.89. The SMILES string of the molecule is CC(Oc1ccccc1)C(=O)NCC(=O)NCc1ccccc1. The van der Waals surface area contributed by atoms with Crippen molar-refractivity contribution in [2.24, 2.45) is 0 Å². The van der Waals surface area contributed by atoms with Crippen LogP contribution in [-0.4, -0.2) is 24.5 Å². The minimum absolute atomic E-state index is 0.0752. The summed E-state index contributed by atoms with van der Waals surface area (Å²) in [7, 11) is 0. The lowest BCUT2D eigenvalue weighted by atomic mass is 10.2. The number of ether oxygens (including phenoxy) is 1. The molecule has 0 radical (unpaired) electrons. The topological polar surface area (TPSA) is 67.4 Å². The molecule has 1 atom stereocenters. The number of benzene rings is 2. The van der Waals surface area contributed by atoms with Crippen molar-refractivity contribution in [3.8, 4) is 5.75 Å². The van der Waals surface area contributed by atoms with E-state index >= 15 is 0 Å². The van der Waals surface area contributed by atoms with Crippen LogP contribution in [0.3, 0.4) is 0 Å². The van der Waals surface area contributed by atoms with Crippen LogP contribution in [0.2, 0.25) is 0 Å². The van der Waals surface area contributed by atoms with Crippen LogP contribution in [0.5, 0.6) is 5.75 Å². The molecular formula is C18H20N2O3.